The first-order valence-electron chi connectivity index (χ1n) is 12.2. The maximum Gasteiger partial charge on any atom is 0.226 e. The summed E-state index contributed by atoms with van der Waals surface area (Å²) in [4.78, 5) is 23.2. The Morgan fingerprint density at radius 1 is 1.28 bits per heavy atom. The van der Waals surface area contributed by atoms with Gasteiger partial charge in [-0.1, -0.05) is 18.6 Å². The summed E-state index contributed by atoms with van der Waals surface area (Å²) in [7, 11) is 4.18. The van der Waals surface area contributed by atoms with E-state index in [0.717, 1.165) is 62.2 Å². The molecule has 0 unspecified atom stereocenters. The first-order valence-corrected chi connectivity index (χ1v) is 12.2. The standard InChI is InChI=1S/C25H39N5O2/c1-28(2)14-15-29-21-9-4-3-8-20(21)27-23(29)22-17-25(11-12-25)18-30(22)24(32)19(10-13-26)7-5-6-16-31/h3-4,8-9,19,22,31H,5-7,10-18,26H2,1-2H3/t19-,22+/m1/s1. The number of aliphatic hydroxyl groups excluding tert-OH is 1. The van der Waals surface area contributed by atoms with Crippen LogP contribution in [0.2, 0.25) is 0 Å². The maximum atomic E-state index is 13.8. The SMILES string of the molecule is CN(C)CCn1c([C@@H]2CC3(CC3)CN2C(=O)[C@@H](CCN)CCCCO)nc2ccccc21. The molecule has 1 saturated heterocycles. The highest BCUT2D eigenvalue weighted by atomic mass is 16.3. The summed E-state index contributed by atoms with van der Waals surface area (Å²) in [6, 6.07) is 8.34. The Balaban J connectivity index is 1.66. The molecule has 2 aliphatic rings. The number of nitrogens with two attached hydrogens (primary N) is 1. The van der Waals surface area contributed by atoms with E-state index in [0.29, 0.717) is 13.0 Å². The van der Waals surface area contributed by atoms with Crippen molar-refractivity contribution in [2.75, 3.05) is 40.3 Å². The molecule has 1 aromatic heterocycles. The van der Waals surface area contributed by atoms with Gasteiger partial charge in [0.05, 0.1) is 17.1 Å². The normalized spacial score (nSPS) is 20.5. The highest BCUT2D eigenvalue weighted by molar-refractivity contribution is 5.80. The van der Waals surface area contributed by atoms with Crippen molar-refractivity contribution in [1.29, 1.82) is 0 Å². The number of para-hydroxylation sites is 2. The summed E-state index contributed by atoms with van der Waals surface area (Å²) in [6.45, 7) is 3.32. The van der Waals surface area contributed by atoms with Crippen LogP contribution in [0.3, 0.4) is 0 Å². The first kappa shape index (κ1) is 23.2. The van der Waals surface area contributed by atoms with Crippen molar-refractivity contribution in [1.82, 2.24) is 19.4 Å². The van der Waals surface area contributed by atoms with E-state index in [4.69, 9.17) is 10.7 Å². The lowest BCUT2D eigenvalue weighted by Crippen LogP contribution is -2.38. The number of imidazole rings is 1. The number of hydrogen-bond donors (Lipinski definition) is 2. The number of likely N-dealkylation sites (tertiary alicyclic amines) is 1. The molecule has 2 heterocycles. The molecule has 176 valence electrons. The molecular weight excluding hydrogens is 402 g/mol. The Kier molecular flexibility index (Phi) is 7.17. The van der Waals surface area contributed by atoms with Gasteiger partial charge in [-0.05, 0) is 76.7 Å². The number of aromatic nitrogens is 2. The molecule has 0 bridgehead atoms. The predicted molar refractivity (Wildman–Crippen MR) is 127 cm³/mol. The van der Waals surface area contributed by atoms with Crippen LogP contribution in [0, 0.1) is 11.3 Å². The number of amides is 1. The lowest BCUT2D eigenvalue weighted by Gasteiger charge is -2.29. The van der Waals surface area contributed by atoms with Gasteiger partial charge in [-0.2, -0.15) is 0 Å². The molecule has 2 atom stereocenters. The smallest absolute Gasteiger partial charge is 0.226 e. The second kappa shape index (κ2) is 9.89. The number of carbonyl (C=O) groups excluding carboxylic acids is 1. The van der Waals surface area contributed by atoms with Crippen molar-refractivity contribution in [3.05, 3.63) is 30.1 Å². The Bertz CT molecular complexity index is 920. The van der Waals surface area contributed by atoms with E-state index < -0.39 is 0 Å². The van der Waals surface area contributed by atoms with Gasteiger partial charge >= 0.3 is 0 Å². The van der Waals surface area contributed by atoms with Crippen LogP contribution >= 0.6 is 0 Å². The monoisotopic (exact) mass is 441 g/mol. The summed E-state index contributed by atoms with van der Waals surface area (Å²) in [5.74, 6) is 1.20. The third-order valence-corrected chi connectivity index (χ3v) is 7.33. The Morgan fingerprint density at radius 3 is 2.75 bits per heavy atom. The maximum absolute atomic E-state index is 13.8. The predicted octanol–water partition coefficient (Wildman–Crippen LogP) is 2.78. The number of aliphatic hydroxyl groups is 1. The average Bonchev–Trinajstić information content (AvgIpc) is 3.27. The van der Waals surface area contributed by atoms with Gasteiger partial charge in [-0.25, -0.2) is 4.98 Å². The molecule has 1 spiro atoms. The van der Waals surface area contributed by atoms with Crippen molar-refractivity contribution < 1.29 is 9.90 Å². The number of hydrogen-bond acceptors (Lipinski definition) is 5. The molecule has 2 fully saturated rings. The fourth-order valence-corrected chi connectivity index (χ4v) is 5.27. The summed E-state index contributed by atoms with van der Waals surface area (Å²) < 4.78 is 2.34. The summed E-state index contributed by atoms with van der Waals surface area (Å²) >= 11 is 0. The van der Waals surface area contributed by atoms with Gasteiger partial charge in [0.2, 0.25) is 5.91 Å². The highest BCUT2D eigenvalue weighted by Crippen LogP contribution is 2.58. The van der Waals surface area contributed by atoms with Crippen LogP contribution in [0.15, 0.2) is 24.3 Å². The van der Waals surface area contributed by atoms with Gasteiger partial charge in [0.25, 0.3) is 0 Å². The van der Waals surface area contributed by atoms with Crippen molar-refractivity contribution in [2.24, 2.45) is 17.1 Å². The zero-order chi connectivity index (χ0) is 22.7. The molecule has 0 radical (unpaired) electrons. The zero-order valence-corrected chi connectivity index (χ0v) is 19.7. The van der Waals surface area contributed by atoms with Gasteiger partial charge in [-0.15, -0.1) is 0 Å². The molecule has 1 aliphatic carbocycles. The van der Waals surface area contributed by atoms with Gasteiger partial charge in [0, 0.05) is 32.2 Å². The molecule has 4 rings (SSSR count). The van der Waals surface area contributed by atoms with Crippen LogP contribution < -0.4 is 5.73 Å². The Labute approximate surface area is 191 Å². The minimum atomic E-state index is -0.0671. The highest BCUT2D eigenvalue weighted by Gasteiger charge is 2.55. The lowest BCUT2D eigenvalue weighted by molar-refractivity contribution is -0.137. The number of benzene rings is 1. The fourth-order valence-electron chi connectivity index (χ4n) is 5.27. The number of likely N-dealkylation sites (N-methyl/N-ethyl adjacent to an activating group) is 1. The molecular formula is C25H39N5O2. The second-order valence-corrected chi connectivity index (χ2v) is 10.1. The minimum Gasteiger partial charge on any atom is -0.396 e. The molecule has 1 aliphatic heterocycles. The molecule has 32 heavy (non-hydrogen) atoms. The van der Waals surface area contributed by atoms with Crippen molar-refractivity contribution in [3.8, 4) is 0 Å². The van der Waals surface area contributed by atoms with Gasteiger partial charge in [0.1, 0.15) is 5.82 Å². The summed E-state index contributed by atoms with van der Waals surface area (Å²) in [5, 5.41) is 9.18. The van der Waals surface area contributed by atoms with Gasteiger partial charge in [-0.3, -0.25) is 4.79 Å². The van der Waals surface area contributed by atoms with E-state index in [1.54, 1.807) is 0 Å². The third-order valence-electron chi connectivity index (χ3n) is 7.33. The Morgan fingerprint density at radius 2 is 2.06 bits per heavy atom. The largest absolute Gasteiger partial charge is 0.396 e. The molecule has 3 N–H and O–H groups in total. The number of rotatable bonds is 11. The van der Waals surface area contributed by atoms with Crippen molar-refractivity contribution in [2.45, 2.75) is 57.5 Å². The van der Waals surface area contributed by atoms with Crippen LogP contribution in [0.25, 0.3) is 11.0 Å². The number of nitrogens with zero attached hydrogens (tertiary/aromatic N) is 4. The third kappa shape index (κ3) is 4.85. The van der Waals surface area contributed by atoms with E-state index in [1.807, 2.05) is 6.07 Å². The van der Waals surface area contributed by atoms with Crippen molar-refractivity contribution in [3.63, 3.8) is 0 Å². The quantitative estimate of drug-likeness (QED) is 0.524. The molecule has 7 nitrogen and oxygen atoms in total. The second-order valence-electron chi connectivity index (χ2n) is 10.1. The Hall–Kier alpha value is -1.96. The van der Waals surface area contributed by atoms with Crippen LogP contribution in [0.1, 0.15) is 56.8 Å². The molecule has 2 aromatic rings. The minimum absolute atomic E-state index is 0.0256. The van der Waals surface area contributed by atoms with Crippen LogP contribution in [-0.4, -0.2) is 70.7 Å². The number of unbranched alkanes of at least 4 members (excludes halogenated alkanes) is 1. The molecule has 1 aromatic carbocycles. The summed E-state index contributed by atoms with van der Waals surface area (Å²) in [6.07, 6.45) is 6.52. The zero-order valence-electron chi connectivity index (χ0n) is 19.7. The average molecular weight is 442 g/mol. The van der Waals surface area contributed by atoms with Crippen LogP contribution in [0.4, 0.5) is 0 Å². The molecule has 1 saturated carbocycles. The van der Waals surface area contributed by atoms with E-state index in [9.17, 15) is 9.90 Å². The topological polar surface area (TPSA) is 87.6 Å². The van der Waals surface area contributed by atoms with E-state index in [2.05, 4.69) is 46.7 Å². The fraction of sp³-hybridized carbons (Fsp3) is 0.680. The van der Waals surface area contributed by atoms with Gasteiger partial charge < -0.3 is 25.2 Å². The molecule has 1 amide bonds. The van der Waals surface area contributed by atoms with Crippen LogP contribution in [0.5, 0.6) is 0 Å². The first-order chi connectivity index (χ1) is 15.5. The van der Waals surface area contributed by atoms with E-state index in [-0.39, 0.29) is 29.9 Å². The lowest BCUT2D eigenvalue weighted by atomic mass is 9.96. The van der Waals surface area contributed by atoms with Crippen molar-refractivity contribution >= 4 is 16.9 Å². The van der Waals surface area contributed by atoms with Crippen LogP contribution in [-0.2, 0) is 11.3 Å². The van der Waals surface area contributed by atoms with E-state index >= 15 is 0 Å². The number of fused-ring (bicyclic) bond motifs is 1. The van der Waals surface area contributed by atoms with Gasteiger partial charge in [0.15, 0.2) is 0 Å². The summed E-state index contributed by atoms with van der Waals surface area (Å²) in [5.41, 5.74) is 8.32. The van der Waals surface area contributed by atoms with E-state index in [1.165, 1.54) is 12.8 Å². The number of carbonyl (C=O) groups is 1. The molecule has 7 heteroatoms.